The fourth-order valence-corrected chi connectivity index (χ4v) is 6.64. The highest BCUT2D eigenvalue weighted by molar-refractivity contribution is 6.33. The molecule has 0 saturated heterocycles. The van der Waals surface area contributed by atoms with Crippen molar-refractivity contribution in [1.82, 2.24) is 21.0 Å². The average Bonchev–Trinajstić information content (AvgIpc) is 3.72. The third-order valence-electron chi connectivity index (χ3n) is 9.29. The zero-order chi connectivity index (χ0) is 47.8. The van der Waals surface area contributed by atoms with Gasteiger partial charge in [-0.25, -0.2) is 9.59 Å². The predicted molar refractivity (Wildman–Crippen MR) is 236 cm³/mol. The lowest BCUT2D eigenvalue weighted by atomic mass is 9.90. The van der Waals surface area contributed by atoms with Gasteiger partial charge in [-0.2, -0.15) is 5.06 Å². The van der Waals surface area contributed by atoms with Gasteiger partial charge in [-0.1, -0.05) is 50.8 Å². The van der Waals surface area contributed by atoms with E-state index in [0.29, 0.717) is 30.6 Å². The monoisotopic (exact) mass is 912 g/mol. The Morgan fingerprint density at radius 2 is 1.53 bits per heavy atom. The number of unbranched alkanes of at least 4 members (excludes halogenated alkanes) is 2. The first-order valence-electron chi connectivity index (χ1n) is 21.1. The van der Waals surface area contributed by atoms with E-state index >= 15 is 0 Å². The van der Waals surface area contributed by atoms with E-state index in [1.165, 1.54) is 43.5 Å². The van der Waals surface area contributed by atoms with Gasteiger partial charge in [0.1, 0.15) is 34.5 Å². The zero-order valence-electron chi connectivity index (χ0n) is 38.2. The summed E-state index contributed by atoms with van der Waals surface area (Å²) in [6.07, 6.45) is 2.81. The highest BCUT2D eigenvalue weighted by Gasteiger charge is 2.35. The fraction of sp³-hybridized carbons (Fsp3) is 0.500. The number of hydroxylamine groups is 2. The van der Waals surface area contributed by atoms with E-state index in [2.05, 4.69) is 16.0 Å². The van der Waals surface area contributed by atoms with E-state index in [-0.39, 0.29) is 53.1 Å². The van der Waals surface area contributed by atoms with Gasteiger partial charge in [0.2, 0.25) is 12.3 Å². The predicted octanol–water partition coefficient (Wildman–Crippen LogP) is 7.19. The maximum absolute atomic E-state index is 13.7. The number of benzene rings is 2. The second-order valence-electron chi connectivity index (χ2n) is 16.6. The third-order valence-corrected chi connectivity index (χ3v) is 9.61. The zero-order valence-corrected chi connectivity index (χ0v) is 39.0. The van der Waals surface area contributed by atoms with Crippen LogP contribution in [0.15, 0.2) is 52.9 Å². The molecule has 3 rings (SSSR count). The molecule has 17 nitrogen and oxygen atoms in total. The van der Waals surface area contributed by atoms with Gasteiger partial charge >= 0.3 is 17.9 Å². The van der Waals surface area contributed by atoms with E-state index in [0.717, 1.165) is 17.9 Å². The van der Waals surface area contributed by atoms with Crippen molar-refractivity contribution in [3.8, 4) is 22.8 Å². The van der Waals surface area contributed by atoms with Gasteiger partial charge in [0.15, 0.2) is 5.76 Å². The summed E-state index contributed by atoms with van der Waals surface area (Å²) in [5.41, 5.74) is -1.23. The summed E-state index contributed by atoms with van der Waals surface area (Å²) in [5.74, 6) is -4.37. The first kappa shape index (κ1) is 52.2. The molecule has 2 aromatic carbocycles. The Bertz CT molecular complexity index is 2110. The van der Waals surface area contributed by atoms with Crippen LogP contribution in [0.2, 0.25) is 5.02 Å². The fourth-order valence-electron chi connectivity index (χ4n) is 6.39. The maximum atomic E-state index is 13.7. The second kappa shape index (κ2) is 24.1. The molecule has 0 aliphatic carbocycles. The smallest absolute Gasteiger partial charge is 0.364 e. The molecule has 1 aromatic heterocycles. The Hall–Kier alpha value is -6.10. The van der Waals surface area contributed by atoms with Crippen LogP contribution in [0.1, 0.15) is 132 Å². The van der Waals surface area contributed by atoms with Crippen LogP contribution >= 0.6 is 11.6 Å². The molecule has 0 aliphatic rings. The Balaban J connectivity index is 1.74. The molecule has 0 radical (unpaired) electrons. The molecule has 0 aliphatic heterocycles. The lowest BCUT2D eigenvalue weighted by molar-refractivity contribution is -0.171. The van der Waals surface area contributed by atoms with Crippen LogP contribution < -0.4 is 25.4 Å². The average molecular weight is 913 g/mol. The summed E-state index contributed by atoms with van der Waals surface area (Å²) >= 11 is 6.26. The van der Waals surface area contributed by atoms with Crippen LogP contribution in [-0.4, -0.2) is 90.8 Å². The van der Waals surface area contributed by atoms with Gasteiger partial charge in [0.05, 0.1) is 54.9 Å². The first-order chi connectivity index (χ1) is 30.1. The number of amides is 4. The van der Waals surface area contributed by atoms with Gasteiger partial charge in [0, 0.05) is 5.56 Å². The van der Waals surface area contributed by atoms with E-state index < -0.39 is 71.3 Å². The molecule has 18 heteroatoms. The number of methoxy groups -OCH3 is 1. The highest BCUT2D eigenvalue weighted by Crippen LogP contribution is 2.30. The van der Waals surface area contributed by atoms with Gasteiger partial charge in [-0.15, -0.1) is 0 Å². The summed E-state index contributed by atoms with van der Waals surface area (Å²) in [4.78, 5) is 97.1. The summed E-state index contributed by atoms with van der Waals surface area (Å²) in [7, 11) is 1.45. The number of esters is 2. The third kappa shape index (κ3) is 15.9. The summed E-state index contributed by atoms with van der Waals surface area (Å²) in [5, 5.41) is 8.77. The number of ether oxygens (including phenoxy) is 4. The Morgan fingerprint density at radius 1 is 0.844 bits per heavy atom. The van der Waals surface area contributed by atoms with Gasteiger partial charge in [-0.3, -0.25) is 24.0 Å². The summed E-state index contributed by atoms with van der Waals surface area (Å²) in [6.45, 7) is 15.4. The van der Waals surface area contributed by atoms with E-state index in [9.17, 15) is 33.6 Å². The lowest BCUT2D eigenvalue weighted by Gasteiger charge is -2.31. The van der Waals surface area contributed by atoms with Crippen molar-refractivity contribution in [1.29, 1.82) is 0 Å². The van der Waals surface area contributed by atoms with Crippen molar-refractivity contribution < 1.29 is 61.8 Å². The minimum absolute atomic E-state index is 0.00213. The standard InChI is InChI=1S/C46H61ClN4O13/c1-11-14-15-16-31(35(12-2)51(27-52)64-43(57)30-20-18-29(59-10)24-33(30)47)40(54)48-26-49-42(56)37-22-21-36(61-37)28-17-19-32(38(23-28)60-13-3)41(55)50-34(44(58)63-46(7,8)9)25-39(53)62-45(4,5)6/h17-24,27,31,34-35H,11-16,25-26H2,1-10H3,(H,48,54)(H,49,56)(H,50,55). The van der Waals surface area contributed by atoms with Crippen molar-refractivity contribution in [2.75, 3.05) is 20.4 Å². The van der Waals surface area contributed by atoms with Gasteiger partial charge in [-0.05, 0) is 104 Å². The molecule has 3 N–H and O–H groups in total. The molecular formula is C46H61ClN4O13. The van der Waals surface area contributed by atoms with Gasteiger partial charge in [0.25, 0.3) is 11.8 Å². The lowest BCUT2D eigenvalue weighted by Crippen LogP contribution is -2.49. The molecule has 350 valence electrons. The van der Waals surface area contributed by atoms with Crippen LogP contribution in [0, 0.1) is 5.92 Å². The van der Waals surface area contributed by atoms with Crippen molar-refractivity contribution in [2.24, 2.45) is 5.92 Å². The number of carbonyl (C=O) groups excluding carboxylic acids is 7. The number of rotatable bonds is 23. The maximum Gasteiger partial charge on any atom is 0.364 e. The second-order valence-corrected chi connectivity index (χ2v) is 17.1. The van der Waals surface area contributed by atoms with Crippen LogP contribution in [0.5, 0.6) is 11.5 Å². The van der Waals surface area contributed by atoms with Gasteiger partial charge < -0.3 is 44.2 Å². The number of nitrogens with zero attached hydrogens (tertiary/aromatic N) is 1. The van der Waals surface area contributed by atoms with Crippen molar-refractivity contribution in [2.45, 2.75) is 124 Å². The minimum Gasteiger partial charge on any atom is -0.497 e. The molecular weight excluding hydrogens is 852 g/mol. The number of nitrogens with one attached hydrogen (secondary N) is 3. The van der Waals surface area contributed by atoms with Crippen LogP contribution in [0.3, 0.4) is 0 Å². The van der Waals surface area contributed by atoms with E-state index in [4.69, 9.17) is 39.8 Å². The Kier molecular flexibility index (Phi) is 19.7. The summed E-state index contributed by atoms with van der Waals surface area (Å²) < 4.78 is 27.6. The molecule has 0 bridgehead atoms. The Labute approximate surface area is 379 Å². The Morgan fingerprint density at radius 3 is 2.12 bits per heavy atom. The van der Waals surface area contributed by atoms with E-state index in [1.807, 2.05) is 6.92 Å². The molecule has 0 saturated carbocycles. The van der Waals surface area contributed by atoms with Crippen LogP contribution in [-0.2, 0) is 33.5 Å². The van der Waals surface area contributed by atoms with Crippen LogP contribution in [0.4, 0.5) is 0 Å². The quantitative estimate of drug-likeness (QED) is 0.0283. The number of hydrogen-bond acceptors (Lipinski definition) is 13. The number of hydrogen-bond donors (Lipinski definition) is 3. The van der Waals surface area contributed by atoms with Crippen LogP contribution in [0.25, 0.3) is 11.3 Å². The number of carbonyl (C=O) groups is 7. The molecule has 64 heavy (non-hydrogen) atoms. The normalized spacial score (nSPS) is 12.7. The number of furan rings is 1. The molecule has 3 aromatic rings. The SMILES string of the molecule is CCCCCC(C(=O)NCNC(=O)c1ccc(-c2ccc(C(=O)NC(CC(=O)OC(C)(C)C)C(=O)OC(C)(C)C)c(OCC)c2)o1)C(CC)N(C=O)OC(=O)c1ccc(OC)cc1Cl. The van der Waals surface area contributed by atoms with Crippen molar-refractivity contribution >= 4 is 53.6 Å². The summed E-state index contributed by atoms with van der Waals surface area (Å²) in [6, 6.07) is 9.66. The van der Waals surface area contributed by atoms with Crippen molar-refractivity contribution in [3.63, 3.8) is 0 Å². The molecule has 1 heterocycles. The topological polar surface area (TPSA) is 218 Å². The highest BCUT2D eigenvalue weighted by atomic mass is 35.5. The van der Waals surface area contributed by atoms with E-state index in [1.54, 1.807) is 67.5 Å². The first-order valence-corrected chi connectivity index (χ1v) is 21.5. The molecule has 4 amide bonds. The molecule has 0 fully saturated rings. The number of halogens is 1. The minimum atomic E-state index is -1.37. The largest absolute Gasteiger partial charge is 0.497 e. The molecule has 3 atom stereocenters. The van der Waals surface area contributed by atoms with Crippen molar-refractivity contribution in [3.05, 3.63) is 70.4 Å². The molecule has 0 spiro atoms. The molecule has 3 unspecified atom stereocenters.